The monoisotopic (exact) mass is 258 g/mol. The number of nitrogens with two attached hydrogens (primary N) is 1. The van der Waals surface area contributed by atoms with Crippen LogP contribution >= 0.6 is 0 Å². The number of nitrogen functional groups attached to an aromatic ring is 1. The summed E-state index contributed by atoms with van der Waals surface area (Å²) in [4.78, 5) is 12.0. The van der Waals surface area contributed by atoms with Crippen LogP contribution in [-0.4, -0.2) is 4.57 Å². The number of hydrogen-bond acceptors (Lipinski definition) is 2. The average molecular weight is 258 g/mol. The highest BCUT2D eigenvalue weighted by molar-refractivity contribution is 5.33. The normalized spacial score (nSPS) is 39.7. The molecule has 4 saturated carbocycles. The molecule has 0 spiro atoms. The number of nitrogens with zero attached hydrogens (tertiary/aromatic N) is 1. The molecule has 0 atom stereocenters. The van der Waals surface area contributed by atoms with E-state index in [4.69, 9.17) is 5.73 Å². The first kappa shape index (κ1) is 11.6. The molecule has 0 radical (unpaired) electrons. The lowest BCUT2D eigenvalue weighted by Crippen LogP contribution is -2.48. The molecule has 0 unspecified atom stereocenters. The first-order valence-corrected chi connectivity index (χ1v) is 7.58. The number of hydrogen-bond donors (Lipinski definition) is 1. The van der Waals surface area contributed by atoms with E-state index in [0.717, 1.165) is 24.3 Å². The Morgan fingerprint density at radius 2 is 1.68 bits per heavy atom. The van der Waals surface area contributed by atoms with Crippen molar-refractivity contribution in [3.63, 3.8) is 0 Å². The Kier molecular flexibility index (Phi) is 2.36. The topological polar surface area (TPSA) is 48.0 Å². The first-order chi connectivity index (χ1) is 9.12. The smallest absolute Gasteiger partial charge is 0.250 e. The minimum atomic E-state index is 0.102. The summed E-state index contributed by atoms with van der Waals surface area (Å²) < 4.78 is 1.86. The standard InChI is InChI=1S/C16H22N2O/c17-14-1-2-15(19)18(9-14)10-16-6-11-3-12(7-16)5-13(4-11)8-16/h1-2,9,11-13H,3-8,10,17H2. The second-order valence-electron chi connectivity index (χ2n) is 7.35. The number of rotatable bonds is 2. The van der Waals surface area contributed by atoms with Crippen LogP contribution in [-0.2, 0) is 6.54 Å². The van der Waals surface area contributed by atoms with E-state index in [2.05, 4.69) is 0 Å². The van der Waals surface area contributed by atoms with Gasteiger partial charge in [-0.25, -0.2) is 0 Å². The molecule has 4 aliphatic rings. The number of aromatic nitrogens is 1. The summed E-state index contributed by atoms with van der Waals surface area (Å²) in [5.74, 6) is 2.80. The van der Waals surface area contributed by atoms with Crippen molar-refractivity contribution in [1.29, 1.82) is 0 Å². The van der Waals surface area contributed by atoms with Gasteiger partial charge in [-0.3, -0.25) is 4.79 Å². The third kappa shape index (κ3) is 1.90. The molecule has 102 valence electrons. The molecule has 1 aromatic heterocycles. The summed E-state index contributed by atoms with van der Waals surface area (Å²) in [6, 6.07) is 3.31. The van der Waals surface area contributed by atoms with Gasteiger partial charge in [0.15, 0.2) is 0 Å². The molecular formula is C16H22N2O. The Morgan fingerprint density at radius 3 is 2.26 bits per heavy atom. The fourth-order valence-corrected chi connectivity index (χ4v) is 5.52. The zero-order chi connectivity index (χ0) is 13.0. The molecule has 3 heteroatoms. The van der Waals surface area contributed by atoms with Crippen LogP contribution in [0.3, 0.4) is 0 Å². The number of anilines is 1. The van der Waals surface area contributed by atoms with Crippen LogP contribution in [0.4, 0.5) is 5.69 Å². The molecule has 1 aromatic rings. The molecule has 0 aromatic carbocycles. The van der Waals surface area contributed by atoms with Gasteiger partial charge >= 0.3 is 0 Å². The van der Waals surface area contributed by atoms with E-state index in [-0.39, 0.29) is 5.56 Å². The van der Waals surface area contributed by atoms with Crippen molar-refractivity contribution in [2.45, 2.75) is 45.1 Å². The summed E-state index contributed by atoms with van der Waals surface area (Å²) in [6.45, 7) is 0.889. The lowest BCUT2D eigenvalue weighted by molar-refractivity contribution is -0.0623. The van der Waals surface area contributed by atoms with Crippen LogP contribution in [0, 0.1) is 23.2 Å². The predicted molar refractivity (Wildman–Crippen MR) is 75.7 cm³/mol. The van der Waals surface area contributed by atoms with Gasteiger partial charge in [0.2, 0.25) is 0 Å². The largest absolute Gasteiger partial charge is 0.398 e. The second-order valence-corrected chi connectivity index (χ2v) is 7.35. The van der Waals surface area contributed by atoms with Crippen molar-refractivity contribution in [3.8, 4) is 0 Å². The van der Waals surface area contributed by atoms with Crippen LogP contribution in [0.5, 0.6) is 0 Å². The molecule has 1 heterocycles. The van der Waals surface area contributed by atoms with Crippen LogP contribution < -0.4 is 11.3 Å². The van der Waals surface area contributed by atoms with Crippen molar-refractivity contribution in [2.24, 2.45) is 23.2 Å². The van der Waals surface area contributed by atoms with Crippen molar-refractivity contribution < 1.29 is 0 Å². The fourth-order valence-electron chi connectivity index (χ4n) is 5.52. The summed E-state index contributed by atoms with van der Waals surface area (Å²) in [7, 11) is 0. The first-order valence-electron chi connectivity index (χ1n) is 7.58. The highest BCUT2D eigenvalue weighted by atomic mass is 16.1. The predicted octanol–water partition coefficient (Wildman–Crippen LogP) is 2.65. The summed E-state index contributed by atoms with van der Waals surface area (Å²) in [5.41, 5.74) is 7.03. The van der Waals surface area contributed by atoms with Crippen molar-refractivity contribution in [2.75, 3.05) is 5.73 Å². The van der Waals surface area contributed by atoms with E-state index in [0.29, 0.717) is 11.1 Å². The van der Waals surface area contributed by atoms with Crippen molar-refractivity contribution in [3.05, 3.63) is 28.7 Å². The molecule has 19 heavy (non-hydrogen) atoms. The van der Waals surface area contributed by atoms with E-state index in [1.807, 2.05) is 10.8 Å². The maximum absolute atomic E-state index is 12.0. The molecule has 0 amide bonds. The van der Waals surface area contributed by atoms with E-state index in [1.54, 1.807) is 12.1 Å². The highest BCUT2D eigenvalue weighted by Crippen LogP contribution is 2.60. The summed E-state index contributed by atoms with van der Waals surface area (Å²) in [5, 5.41) is 0. The molecule has 4 fully saturated rings. The maximum Gasteiger partial charge on any atom is 0.250 e. The van der Waals surface area contributed by atoms with Gasteiger partial charge in [-0.2, -0.15) is 0 Å². The number of pyridine rings is 1. The van der Waals surface area contributed by atoms with Gasteiger partial charge in [0, 0.05) is 24.5 Å². The molecule has 4 aliphatic carbocycles. The Balaban J connectivity index is 1.66. The Morgan fingerprint density at radius 1 is 1.11 bits per heavy atom. The molecule has 4 bridgehead atoms. The van der Waals surface area contributed by atoms with Gasteiger partial charge in [0.05, 0.1) is 0 Å². The molecule has 0 saturated heterocycles. The van der Waals surface area contributed by atoms with E-state index in [1.165, 1.54) is 38.5 Å². The molecular weight excluding hydrogens is 236 g/mol. The van der Waals surface area contributed by atoms with Gasteiger partial charge in [0.1, 0.15) is 0 Å². The average Bonchev–Trinajstić information content (AvgIpc) is 2.31. The zero-order valence-electron chi connectivity index (χ0n) is 11.3. The van der Waals surface area contributed by atoms with E-state index >= 15 is 0 Å². The van der Waals surface area contributed by atoms with Gasteiger partial charge in [-0.05, 0) is 67.8 Å². The quantitative estimate of drug-likeness (QED) is 0.886. The lowest BCUT2D eigenvalue weighted by Gasteiger charge is -2.57. The van der Waals surface area contributed by atoms with E-state index in [9.17, 15) is 4.79 Å². The van der Waals surface area contributed by atoms with Gasteiger partial charge in [-0.1, -0.05) is 0 Å². The third-order valence-corrected chi connectivity index (χ3v) is 5.68. The van der Waals surface area contributed by atoms with Crippen LogP contribution in [0.2, 0.25) is 0 Å². The Bertz CT molecular complexity index is 525. The zero-order valence-corrected chi connectivity index (χ0v) is 11.3. The second kappa shape index (κ2) is 3.87. The van der Waals surface area contributed by atoms with Gasteiger partial charge in [-0.15, -0.1) is 0 Å². The van der Waals surface area contributed by atoms with Gasteiger partial charge < -0.3 is 10.3 Å². The molecule has 0 aliphatic heterocycles. The van der Waals surface area contributed by atoms with Crippen LogP contribution in [0.15, 0.2) is 23.1 Å². The molecule has 3 nitrogen and oxygen atoms in total. The minimum absolute atomic E-state index is 0.102. The molecule has 5 rings (SSSR count). The third-order valence-electron chi connectivity index (χ3n) is 5.68. The summed E-state index contributed by atoms with van der Waals surface area (Å²) >= 11 is 0. The van der Waals surface area contributed by atoms with E-state index < -0.39 is 0 Å². The fraction of sp³-hybridized carbons (Fsp3) is 0.688. The van der Waals surface area contributed by atoms with Gasteiger partial charge in [0.25, 0.3) is 5.56 Å². The van der Waals surface area contributed by atoms with Crippen molar-refractivity contribution in [1.82, 2.24) is 4.57 Å². The van der Waals surface area contributed by atoms with Crippen LogP contribution in [0.25, 0.3) is 0 Å². The maximum atomic E-state index is 12.0. The lowest BCUT2D eigenvalue weighted by atomic mass is 9.49. The minimum Gasteiger partial charge on any atom is -0.398 e. The Hall–Kier alpha value is -1.25. The van der Waals surface area contributed by atoms with Crippen LogP contribution in [0.1, 0.15) is 38.5 Å². The Labute approximate surface area is 113 Å². The molecule has 2 N–H and O–H groups in total. The summed E-state index contributed by atoms with van der Waals surface area (Å²) in [6.07, 6.45) is 10.2. The SMILES string of the molecule is Nc1ccc(=O)n(CC23CC4CC(CC(C4)C2)C3)c1. The highest BCUT2D eigenvalue weighted by Gasteiger charge is 2.50. The van der Waals surface area contributed by atoms with Crippen molar-refractivity contribution >= 4 is 5.69 Å².